The van der Waals surface area contributed by atoms with Crippen molar-refractivity contribution in [1.29, 1.82) is 5.26 Å². The Hall–Kier alpha value is -3.23. The van der Waals surface area contributed by atoms with Crippen LogP contribution in [0.25, 0.3) is 0 Å². The second-order valence-corrected chi connectivity index (χ2v) is 13.5. The van der Waals surface area contributed by atoms with Gasteiger partial charge in [0.15, 0.2) is 6.19 Å². The number of guanidine groups is 1. The SMILES string of the molecule is COC(=O)NCCO[C@@H](c1cccc(Cl)c1)[C@@H]1CCCN(C(=N[C@@H](CC2CCCCC2)CN(C)C(=O)OC(C)(C)C)NC#N)C1. The Morgan fingerprint density at radius 3 is 2.62 bits per heavy atom. The van der Waals surface area contributed by atoms with Crippen molar-refractivity contribution in [3.8, 4) is 6.19 Å². The number of ether oxygens (including phenoxy) is 3. The van der Waals surface area contributed by atoms with Crippen LogP contribution in [0.5, 0.6) is 0 Å². The first-order valence-corrected chi connectivity index (χ1v) is 16.5. The van der Waals surface area contributed by atoms with Crippen molar-refractivity contribution in [1.82, 2.24) is 20.4 Å². The highest BCUT2D eigenvalue weighted by Crippen LogP contribution is 2.34. The first-order chi connectivity index (χ1) is 21.5. The lowest BCUT2D eigenvalue weighted by Gasteiger charge is -2.38. The number of nitriles is 1. The van der Waals surface area contributed by atoms with Crippen LogP contribution in [0.2, 0.25) is 5.02 Å². The summed E-state index contributed by atoms with van der Waals surface area (Å²) in [5.74, 6) is 1.11. The molecule has 1 aromatic rings. The molecule has 11 nitrogen and oxygen atoms in total. The Kier molecular flexibility index (Phi) is 14.5. The monoisotopic (exact) mass is 646 g/mol. The Bertz CT molecular complexity index is 1160. The second kappa shape index (κ2) is 18.1. The predicted octanol–water partition coefficient (Wildman–Crippen LogP) is 6.10. The zero-order valence-corrected chi connectivity index (χ0v) is 28.3. The lowest BCUT2D eigenvalue weighted by molar-refractivity contribution is -0.00579. The van der Waals surface area contributed by atoms with E-state index in [-0.39, 0.29) is 24.2 Å². The number of methoxy groups -OCH3 is 1. The normalized spacial score (nSPS) is 19.2. The molecule has 1 saturated heterocycles. The maximum atomic E-state index is 12.9. The maximum Gasteiger partial charge on any atom is 0.410 e. The van der Waals surface area contributed by atoms with E-state index < -0.39 is 11.7 Å². The number of nitrogens with zero attached hydrogens (tertiary/aromatic N) is 4. The van der Waals surface area contributed by atoms with Crippen LogP contribution in [0.3, 0.4) is 0 Å². The minimum Gasteiger partial charge on any atom is -0.453 e. The van der Waals surface area contributed by atoms with Crippen LogP contribution in [-0.4, -0.2) is 86.5 Å². The quantitative estimate of drug-likeness (QED) is 0.0971. The second-order valence-electron chi connectivity index (χ2n) is 13.1. The van der Waals surface area contributed by atoms with Crippen molar-refractivity contribution in [2.45, 2.75) is 89.9 Å². The summed E-state index contributed by atoms with van der Waals surface area (Å²) in [6, 6.07) is 7.44. The summed E-state index contributed by atoms with van der Waals surface area (Å²) in [6.45, 7) is 7.89. The van der Waals surface area contributed by atoms with E-state index in [0.717, 1.165) is 44.2 Å². The van der Waals surface area contributed by atoms with Crippen molar-refractivity contribution in [3.63, 3.8) is 0 Å². The van der Waals surface area contributed by atoms with E-state index in [1.807, 2.05) is 45.0 Å². The van der Waals surface area contributed by atoms with E-state index in [1.54, 1.807) is 11.9 Å². The molecular formula is C33H51ClN6O5. The molecule has 1 aromatic carbocycles. The van der Waals surface area contributed by atoms with Gasteiger partial charge in [0, 0.05) is 44.2 Å². The molecule has 2 fully saturated rings. The highest BCUT2D eigenvalue weighted by atomic mass is 35.5. The maximum absolute atomic E-state index is 12.9. The van der Waals surface area contributed by atoms with Gasteiger partial charge in [-0.05, 0) is 63.6 Å². The number of benzene rings is 1. The number of likely N-dealkylation sites (tertiary alicyclic amines) is 1. The van der Waals surface area contributed by atoms with E-state index >= 15 is 0 Å². The van der Waals surface area contributed by atoms with E-state index in [1.165, 1.54) is 26.4 Å². The zero-order valence-electron chi connectivity index (χ0n) is 27.5. The number of hydrogen-bond acceptors (Lipinski definition) is 7. The summed E-state index contributed by atoms with van der Waals surface area (Å²) >= 11 is 6.36. The molecular weight excluding hydrogens is 596 g/mol. The fourth-order valence-corrected chi connectivity index (χ4v) is 6.37. The molecule has 0 unspecified atom stereocenters. The lowest BCUT2D eigenvalue weighted by atomic mass is 9.85. The molecule has 1 aliphatic carbocycles. The van der Waals surface area contributed by atoms with Gasteiger partial charge in [0.25, 0.3) is 0 Å². The summed E-state index contributed by atoms with van der Waals surface area (Å²) in [5, 5.41) is 15.9. The van der Waals surface area contributed by atoms with Gasteiger partial charge < -0.3 is 29.3 Å². The van der Waals surface area contributed by atoms with E-state index in [9.17, 15) is 14.9 Å². The smallest absolute Gasteiger partial charge is 0.410 e. The first-order valence-electron chi connectivity index (χ1n) is 16.1. The highest BCUT2D eigenvalue weighted by molar-refractivity contribution is 6.30. The topological polar surface area (TPSA) is 129 Å². The number of amides is 2. The Labute approximate surface area is 273 Å². The third-order valence-corrected chi connectivity index (χ3v) is 8.44. The molecule has 45 heavy (non-hydrogen) atoms. The summed E-state index contributed by atoms with van der Waals surface area (Å²) in [6.07, 6.45) is 9.51. The predicted molar refractivity (Wildman–Crippen MR) is 175 cm³/mol. The molecule has 250 valence electrons. The van der Waals surface area contributed by atoms with Crippen molar-refractivity contribution in [2.24, 2.45) is 16.8 Å². The molecule has 1 aliphatic heterocycles. The number of rotatable bonds is 11. The molecule has 0 spiro atoms. The fourth-order valence-electron chi connectivity index (χ4n) is 6.17. The molecule has 0 bridgehead atoms. The third kappa shape index (κ3) is 12.6. The molecule has 3 atom stereocenters. The molecule has 1 heterocycles. The molecule has 0 radical (unpaired) electrons. The number of alkyl carbamates (subject to hydrolysis) is 1. The average molecular weight is 647 g/mol. The number of likely N-dealkylation sites (N-methyl/N-ethyl adjacent to an activating group) is 1. The number of piperidine rings is 1. The Balaban J connectivity index is 1.82. The lowest BCUT2D eigenvalue weighted by Crippen LogP contribution is -2.48. The van der Waals surface area contributed by atoms with E-state index in [2.05, 4.69) is 26.5 Å². The molecule has 2 aliphatic rings. The Morgan fingerprint density at radius 1 is 1.20 bits per heavy atom. The zero-order chi connectivity index (χ0) is 32.8. The number of hydrogen-bond donors (Lipinski definition) is 2. The van der Waals surface area contributed by atoms with Crippen LogP contribution in [0.4, 0.5) is 9.59 Å². The molecule has 3 rings (SSSR count). The van der Waals surface area contributed by atoms with Gasteiger partial charge in [-0.2, -0.15) is 5.26 Å². The van der Waals surface area contributed by atoms with Crippen LogP contribution in [0, 0.1) is 23.3 Å². The molecule has 12 heteroatoms. The van der Waals surface area contributed by atoms with Gasteiger partial charge in [0.05, 0.1) is 25.9 Å². The van der Waals surface area contributed by atoms with Gasteiger partial charge in [-0.25, -0.2) is 14.6 Å². The highest BCUT2D eigenvalue weighted by Gasteiger charge is 2.32. The van der Waals surface area contributed by atoms with Crippen LogP contribution in [0.15, 0.2) is 29.3 Å². The van der Waals surface area contributed by atoms with Crippen molar-refractivity contribution in [3.05, 3.63) is 34.9 Å². The van der Waals surface area contributed by atoms with Crippen LogP contribution < -0.4 is 10.6 Å². The molecule has 2 N–H and O–H groups in total. The number of carbonyl (C=O) groups excluding carboxylic acids is 2. The van der Waals surface area contributed by atoms with Gasteiger partial charge in [0.2, 0.25) is 5.96 Å². The first kappa shape index (κ1) is 36.2. The van der Waals surface area contributed by atoms with E-state index in [0.29, 0.717) is 43.1 Å². The number of halogens is 1. The van der Waals surface area contributed by atoms with Crippen LogP contribution >= 0.6 is 11.6 Å². The van der Waals surface area contributed by atoms with Crippen molar-refractivity contribution < 1.29 is 23.8 Å². The third-order valence-electron chi connectivity index (χ3n) is 8.21. The summed E-state index contributed by atoms with van der Waals surface area (Å²) in [7, 11) is 3.07. The minimum atomic E-state index is -0.596. The summed E-state index contributed by atoms with van der Waals surface area (Å²) in [4.78, 5) is 33.2. The van der Waals surface area contributed by atoms with Gasteiger partial charge in [-0.3, -0.25) is 5.32 Å². The Morgan fingerprint density at radius 2 is 1.96 bits per heavy atom. The number of nitrogens with one attached hydrogen (secondary N) is 2. The minimum absolute atomic E-state index is 0.0715. The van der Waals surface area contributed by atoms with Crippen LogP contribution in [0.1, 0.15) is 83.8 Å². The standard InChI is InChI=1S/C33H51ClN6O5/c1-33(2,3)45-32(42)39(4)22-28(19-24-11-7-6-8-12-24)38-30(37-23-35)40-17-10-14-26(21-40)29(25-13-9-15-27(34)20-25)44-18-16-36-31(41)43-5/h9,13,15,20,24,26,28-29H,6-8,10-12,14,16-19,21-22H2,1-5H3,(H,36,41)(H,37,38)/t26-,28+,29+/m1/s1. The molecule has 2 amide bonds. The summed E-state index contributed by atoms with van der Waals surface area (Å²) < 4.78 is 16.7. The average Bonchev–Trinajstić information content (AvgIpc) is 3.00. The van der Waals surface area contributed by atoms with Crippen LogP contribution in [-0.2, 0) is 14.2 Å². The summed E-state index contributed by atoms with van der Waals surface area (Å²) in [5.41, 5.74) is 0.356. The van der Waals surface area contributed by atoms with Gasteiger partial charge in [0.1, 0.15) is 5.60 Å². The van der Waals surface area contributed by atoms with Gasteiger partial charge in [-0.15, -0.1) is 0 Å². The van der Waals surface area contributed by atoms with E-state index in [4.69, 9.17) is 26.1 Å². The largest absolute Gasteiger partial charge is 0.453 e. The number of carbonyl (C=O) groups is 2. The number of aliphatic imine (C=N–C) groups is 1. The molecule has 1 saturated carbocycles. The molecule has 0 aromatic heterocycles. The van der Waals surface area contributed by atoms with Crippen molar-refractivity contribution >= 4 is 29.7 Å². The fraction of sp³-hybridized carbons (Fsp3) is 0.697. The van der Waals surface area contributed by atoms with Gasteiger partial charge >= 0.3 is 12.2 Å². The van der Waals surface area contributed by atoms with Crippen molar-refractivity contribution in [2.75, 3.05) is 46.9 Å². The van der Waals surface area contributed by atoms with Gasteiger partial charge in [-0.1, -0.05) is 55.8 Å².